The van der Waals surface area contributed by atoms with Gasteiger partial charge in [-0.3, -0.25) is 0 Å². The Morgan fingerprint density at radius 3 is 2.74 bits per heavy atom. The van der Waals surface area contributed by atoms with E-state index in [0.29, 0.717) is 6.10 Å². The molecular weight excluding hydrogens is 232 g/mol. The Hall–Kier alpha value is -0.820. The summed E-state index contributed by atoms with van der Waals surface area (Å²) in [5.74, 6) is 1.63. The van der Waals surface area contributed by atoms with E-state index in [2.05, 4.69) is 32.0 Å². The van der Waals surface area contributed by atoms with Crippen LogP contribution in [0.2, 0.25) is 0 Å². The number of rotatable bonds is 3. The van der Waals surface area contributed by atoms with Crippen molar-refractivity contribution in [2.75, 3.05) is 6.61 Å². The Morgan fingerprint density at radius 1 is 1.11 bits per heavy atom. The van der Waals surface area contributed by atoms with Gasteiger partial charge in [0.1, 0.15) is 0 Å². The lowest BCUT2D eigenvalue weighted by Gasteiger charge is -2.26. The molecule has 0 amide bonds. The van der Waals surface area contributed by atoms with Crippen molar-refractivity contribution in [2.24, 2.45) is 11.8 Å². The van der Waals surface area contributed by atoms with Gasteiger partial charge in [-0.2, -0.15) is 0 Å². The molecule has 2 aliphatic rings. The summed E-state index contributed by atoms with van der Waals surface area (Å²) >= 11 is 0. The third-order valence-corrected chi connectivity index (χ3v) is 4.85. The molecule has 3 atom stereocenters. The van der Waals surface area contributed by atoms with Crippen molar-refractivity contribution in [2.45, 2.75) is 58.5 Å². The minimum absolute atomic E-state index is 0.484. The first-order chi connectivity index (χ1) is 9.20. The van der Waals surface area contributed by atoms with E-state index in [1.54, 1.807) is 11.1 Å². The van der Waals surface area contributed by atoms with Gasteiger partial charge < -0.3 is 4.74 Å². The molecule has 0 bridgehead atoms. The zero-order valence-corrected chi connectivity index (χ0v) is 12.3. The van der Waals surface area contributed by atoms with Crippen LogP contribution in [0.3, 0.4) is 0 Å². The van der Waals surface area contributed by atoms with Gasteiger partial charge in [0, 0.05) is 6.61 Å². The Kier molecular flexibility index (Phi) is 3.93. The second-order valence-corrected chi connectivity index (χ2v) is 6.74. The maximum atomic E-state index is 5.77. The first-order valence-electron chi connectivity index (χ1n) is 7.93. The molecule has 0 saturated carbocycles. The van der Waals surface area contributed by atoms with Crippen LogP contribution in [0.25, 0.3) is 0 Å². The minimum Gasteiger partial charge on any atom is -0.378 e. The van der Waals surface area contributed by atoms with E-state index >= 15 is 0 Å². The van der Waals surface area contributed by atoms with Crippen molar-refractivity contribution in [1.82, 2.24) is 0 Å². The topological polar surface area (TPSA) is 9.23 Å². The molecule has 0 radical (unpaired) electrons. The highest BCUT2D eigenvalue weighted by atomic mass is 16.5. The normalized spacial score (nSPS) is 30.3. The van der Waals surface area contributed by atoms with Crippen LogP contribution in [-0.4, -0.2) is 12.7 Å². The summed E-state index contributed by atoms with van der Waals surface area (Å²) in [5, 5.41) is 0. The van der Waals surface area contributed by atoms with Crippen LogP contribution in [0.1, 0.15) is 49.8 Å². The predicted molar refractivity (Wildman–Crippen MR) is 79.5 cm³/mol. The van der Waals surface area contributed by atoms with Gasteiger partial charge in [-0.25, -0.2) is 0 Å². The van der Waals surface area contributed by atoms with Crippen molar-refractivity contribution < 1.29 is 4.74 Å². The van der Waals surface area contributed by atoms with Crippen LogP contribution in [0.15, 0.2) is 18.2 Å². The zero-order valence-electron chi connectivity index (χ0n) is 12.3. The van der Waals surface area contributed by atoms with Gasteiger partial charge in [0.05, 0.1) is 6.10 Å². The van der Waals surface area contributed by atoms with Crippen molar-refractivity contribution in [3.63, 3.8) is 0 Å². The quantitative estimate of drug-likeness (QED) is 0.790. The monoisotopic (exact) mass is 258 g/mol. The summed E-state index contributed by atoms with van der Waals surface area (Å²) in [4.78, 5) is 0. The summed E-state index contributed by atoms with van der Waals surface area (Å²) in [6.45, 7) is 5.53. The molecule has 104 valence electrons. The third-order valence-electron chi connectivity index (χ3n) is 4.85. The fourth-order valence-corrected chi connectivity index (χ4v) is 3.58. The Morgan fingerprint density at radius 2 is 1.95 bits per heavy atom. The Labute approximate surface area is 117 Å². The molecule has 1 fully saturated rings. The Balaban J connectivity index is 1.55. The molecule has 19 heavy (non-hydrogen) atoms. The summed E-state index contributed by atoms with van der Waals surface area (Å²) < 4.78 is 5.77. The lowest BCUT2D eigenvalue weighted by Crippen LogP contribution is -2.23. The van der Waals surface area contributed by atoms with Crippen molar-refractivity contribution >= 4 is 0 Å². The first-order valence-corrected chi connectivity index (χ1v) is 7.93. The molecule has 1 saturated heterocycles. The summed E-state index contributed by atoms with van der Waals surface area (Å²) in [5.41, 5.74) is 4.73. The number of fused-ring (bicyclic) bond motifs is 1. The molecule has 3 rings (SSSR count). The minimum atomic E-state index is 0.484. The maximum absolute atomic E-state index is 5.77. The molecule has 1 heteroatoms. The highest BCUT2D eigenvalue weighted by Crippen LogP contribution is 2.28. The molecule has 1 aromatic rings. The van der Waals surface area contributed by atoms with Crippen LogP contribution < -0.4 is 0 Å². The molecule has 1 aromatic carbocycles. The lowest BCUT2D eigenvalue weighted by molar-refractivity contribution is -0.00694. The Bertz CT molecular complexity index is 429. The van der Waals surface area contributed by atoms with Crippen molar-refractivity contribution in [3.8, 4) is 0 Å². The highest BCUT2D eigenvalue weighted by Gasteiger charge is 2.20. The number of hydrogen-bond donors (Lipinski definition) is 0. The zero-order chi connectivity index (χ0) is 13.2. The van der Waals surface area contributed by atoms with E-state index in [0.717, 1.165) is 18.4 Å². The molecular formula is C18H26O. The van der Waals surface area contributed by atoms with E-state index < -0.39 is 0 Å². The van der Waals surface area contributed by atoms with Crippen LogP contribution in [0, 0.1) is 11.8 Å². The van der Waals surface area contributed by atoms with Gasteiger partial charge in [0.15, 0.2) is 0 Å². The van der Waals surface area contributed by atoms with Gasteiger partial charge >= 0.3 is 0 Å². The van der Waals surface area contributed by atoms with Gasteiger partial charge in [0.2, 0.25) is 0 Å². The summed E-state index contributed by atoms with van der Waals surface area (Å²) in [6, 6.07) is 7.18. The fourth-order valence-electron chi connectivity index (χ4n) is 3.58. The molecule has 0 N–H and O–H groups in total. The van der Waals surface area contributed by atoms with Crippen molar-refractivity contribution in [3.05, 3.63) is 34.9 Å². The highest BCUT2D eigenvalue weighted by molar-refractivity contribution is 5.36. The molecule has 1 nitrogen and oxygen atoms in total. The number of hydrogen-bond acceptors (Lipinski definition) is 1. The van der Waals surface area contributed by atoms with Crippen LogP contribution in [0.5, 0.6) is 0 Å². The number of benzene rings is 1. The number of aryl methyl sites for hydroxylation is 1. The van der Waals surface area contributed by atoms with Crippen LogP contribution in [-0.2, 0) is 24.0 Å². The third kappa shape index (κ3) is 3.20. The van der Waals surface area contributed by atoms with E-state index in [9.17, 15) is 0 Å². The second-order valence-electron chi connectivity index (χ2n) is 6.74. The second kappa shape index (κ2) is 5.66. The largest absolute Gasteiger partial charge is 0.378 e. The van der Waals surface area contributed by atoms with E-state index in [-0.39, 0.29) is 0 Å². The van der Waals surface area contributed by atoms with Gasteiger partial charge in [-0.05, 0) is 74.0 Å². The molecule has 1 heterocycles. The average molecular weight is 258 g/mol. The standard InChI is InChI=1S/C18H26O/c1-13-9-17-8-7-15(11-18(17)10-13)5-6-16-4-3-14(2)19-12-16/h7-8,11,13-14,16H,3-6,9-10,12H2,1-2H3. The van der Waals surface area contributed by atoms with Crippen LogP contribution >= 0.6 is 0 Å². The number of ether oxygens (including phenoxy) is 1. The molecule has 0 spiro atoms. The van der Waals surface area contributed by atoms with E-state index in [1.807, 2.05) is 0 Å². The predicted octanol–water partition coefficient (Wildman–Crippen LogP) is 4.17. The SMILES string of the molecule is CC1Cc2ccc(CCC3CCC(C)OC3)cc2C1. The van der Waals surface area contributed by atoms with Gasteiger partial charge in [-0.1, -0.05) is 25.1 Å². The molecule has 1 aliphatic carbocycles. The average Bonchev–Trinajstić information content (AvgIpc) is 2.77. The lowest BCUT2D eigenvalue weighted by atomic mass is 9.92. The fraction of sp³-hybridized carbons (Fsp3) is 0.667. The molecule has 3 unspecified atom stereocenters. The summed E-state index contributed by atoms with van der Waals surface area (Å²) in [6.07, 6.45) is 8.16. The van der Waals surface area contributed by atoms with E-state index in [4.69, 9.17) is 4.74 Å². The smallest absolute Gasteiger partial charge is 0.0547 e. The molecule has 1 aliphatic heterocycles. The molecule has 0 aromatic heterocycles. The van der Waals surface area contributed by atoms with Crippen LogP contribution in [0.4, 0.5) is 0 Å². The van der Waals surface area contributed by atoms with Gasteiger partial charge in [0.25, 0.3) is 0 Å². The first kappa shape index (κ1) is 13.2. The maximum Gasteiger partial charge on any atom is 0.0547 e. The van der Waals surface area contributed by atoms with E-state index in [1.165, 1.54) is 44.1 Å². The van der Waals surface area contributed by atoms with Crippen molar-refractivity contribution in [1.29, 1.82) is 0 Å². The summed E-state index contributed by atoms with van der Waals surface area (Å²) in [7, 11) is 0. The van der Waals surface area contributed by atoms with Gasteiger partial charge in [-0.15, -0.1) is 0 Å².